The monoisotopic (exact) mass is 438 g/mol. The predicted octanol–water partition coefficient (Wildman–Crippen LogP) is -3.05. The molecular weight excluding hydrogens is 438 g/mol. The van der Waals surface area contributed by atoms with Crippen LogP contribution < -0.4 is 19.6 Å². The van der Waals surface area contributed by atoms with E-state index in [9.17, 15) is 19.6 Å². The summed E-state index contributed by atoms with van der Waals surface area (Å²) in [7, 11) is 0. The van der Waals surface area contributed by atoms with Gasteiger partial charge in [-0.1, -0.05) is 0 Å². The Morgan fingerprint density at radius 3 is 0.818 bits per heavy atom. The van der Waals surface area contributed by atoms with E-state index in [4.69, 9.17) is 0 Å². The van der Waals surface area contributed by atoms with Crippen LogP contribution in [0.2, 0.25) is 0 Å². The molecule has 0 radical (unpaired) electrons. The molecule has 0 N–H and O–H groups in total. The van der Waals surface area contributed by atoms with Crippen molar-refractivity contribution < 1.29 is 40.6 Å². The van der Waals surface area contributed by atoms with E-state index in [1.807, 2.05) is 0 Å². The van der Waals surface area contributed by atoms with Crippen LogP contribution in [0.15, 0.2) is 0 Å². The van der Waals surface area contributed by atoms with Gasteiger partial charge in [0.2, 0.25) is 0 Å². The smallest absolute Gasteiger partial charge is 0.850 e. The van der Waals surface area contributed by atoms with Crippen molar-refractivity contribution in [3.8, 4) is 0 Å². The van der Waals surface area contributed by atoms with Crippen LogP contribution in [-0.4, -0.2) is 0 Å². The molecule has 0 unspecified atom stereocenters. The SMILES string of the molecule is [O-]P([O-])(=S)[S-].[O-]P([O-])(=S)[S-].[W+6]. The molecule has 0 fully saturated rings. The molecule has 0 aromatic carbocycles. The molecule has 0 atom stereocenters. The summed E-state index contributed by atoms with van der Waals surface area (Å²) in [6, 6.07) is 0. The molecule has 0 saturated carbocycles. The summed E-state index contributed by atoms with van der Waals surface area (Å²) in [6.07, 6.45) is 0. The summed E-state index contributed by atoms with van der Waals surface area (Å²) in [4.78, 5) is 37.2. The van der Waals surface area contributed by atoms with Crippen molar-refractivity contribution in [2.75, 3.05) is 0 Å². The van der Waals surface area contributed by atoms with Gasteiger partial charge in [0, 0.05) is 0 Å². The Kier molecular flexibility index (Phi) is 13.7. The topological polar surface area (TPSA) is 92.2 Å². The molecule has 0 aliphatic rings. The van der Waals surface area contributed by atoms with Crippen molar-refractivity contribution in [2.45, 2.75) is 0 Å². The van der Waals surface area contributed by atoms with Crippen LogP contribution in [0.5, 0.6) is 0 Å². The van der Waals surface area contributed by atoms with Gasteiger partial charge in [0.05, 0.1) is 0 Å². The fraction of sp³-hybridized carbons (Fsp3) is 0. The quantitative estimate of drug-likeness (QED) is 0.291. The largest absolute Gasteiger partial charge is 6.00 e. The van der Waals surface area contributed by atoms with Gasteiger partial charge in [-0.3, -0.25) is 0 Å². The molecule has 0 amide bonds. The van der Waals surface area contributed by atoms with Crippen LogP contribution in [0.25, 0.3) is 0 Å². The molecule has 64 valence electrons. The van der Waals surface area contributed by atoms with E-state index in [-0.39, 0.29) is 21.1 Å². The molecule has 0 spiro atoms. The Morgan fingerprint density at radius 2 is 0.818 bits per heavy atom. The van der Waals surface area contributed by atoms with Crippen molar-refractivity contribution in [1.29, 1.82) is 0 Å². The third-order valence-electron chi connectivity index (χ3n) is 0. The molecule has 4 nitrogen and oxygen atoms in total. The maximum Gasteiger partial charge on any atom is 6.00 e. The van der Waals surface area contributed by atoms with Gasteiger partial charge in [-0.05, 0) is 0 Å². The fourth-order valence-corrected chi connectivity index (χ4v) is 0. The van der Waals surface area contributed by atoms with Gasteiger partial charge in [0.25, 0.3) is 0 Å². The van der Waals surface area contributed by atoms with Crippen LogP contribution >= 0.6 is 11.4 Å². The molecule has 0 rings (SSSR count). The summed E-state index contributed by atoms with van der Waals surface area (Å²) >= 11 is 14.6. The van der Waals surface area contributed by atoms with Gasteiger partial charge in [0.1, 0.15) is 0 Å². The van der Waals surface area contributed by atoms with E-state index < -0.39 is 11.4 Å². The standard InChI is InChI=1S/2H3O2PS2.W/c2*1-3(2,4)5;/h2*(H3,1,2,4,5);/q;;+6/p-6. The minimum atomic E-state index is -3.72. The van der Waals surface area contributed by atoms with Gasteiger partial charge in [0.15, 0.2) is 0 Å². The van der Waals surface area contributed by atoms with Gasteiger partial charge < -0.3 is 55.5 Å². The first-order valence-electron chi connectivity index (χ1n) is 1.46. The first-order chi connectivity index (χ1) is 4.00. The average molecular weight is 438 g/mol. The maximum atomic E-state index is 9.29. The van der Waals surface area contributed by atoms with E-state index in [2.05, 4.69) is 48.1 Å². The Balaban J connectivity index is -0.000000107. The number of hydrogen-bond acceptors (Lipinski definition) is 8. The Morgan fingerprint density at radius 1 is 0.818 bits per heavy atom. The molecule has 0 aliphatic heterocycles. The third kappa shape index (κ3) is 217. The van der Waals surface area contributed by atoms with Gasteiger partial charge >= 0.3 is 21.1 Å². The van der Waals surface area contributed by atoms with Crippen molar-refractivity contribution in [1.82, 2.24) is 0 Å². The first-order valence-corrected chi connectivity index (χ1v) is 8.76. The summed E-state index contributed by atoms with van der Waals surface area (Å²) in [5.74, 6) is 0. The van der Waals surface area contributed by atoms with Crippen molar-refractivity contribution in [3.63, 3.8) is 0 Å². The second-order valence-corrected chi connectivity index (χ2v) is 9.84. The molecular formula is O4P2S4W. The molecule has 0 heterocycles. The van der Waals surface area contributed by atoms with E-state index in [1.165, 1.54) is 0 Å². The average Bonchev–Trinajstić information content (AvgIpc) is 1.12. The Hall–Kier alpha value is 2.53. The van der Waals surface area contributed by atoms with E-state index in [0.717, 1.165) is 0 Å². The molecule has 0 bridgehead atoms. The van der Waals surface area contributed by atoms with Gasteiger partial charge in [-0.2, -0.15) is 23.6 Å². The van der Waals surface area contributed by atoms with Crippen molar-refractivity contribution in [2.24, 2.45) is 0 Å². The molecule has 11 heavy (non-hydrogen) atoms. The molecule has 0 aromatic heterocycles. The van der Waals surface area contributed by atoms with Crippen LogP contribution in [0.4, 0.5) is 0 Å². The fourth-order valence-electron chi connectivity index (χ4n) is 0. The molecule has 0 aromatic rings. The van der Waals surface area contributed by atoms with E-state index in [1.54, 1.807) is 0 Å². The predicted molar refractivity (Wildman–Crippen MR) is 43.3 cm³/mol. The molecule has 0 aliphatic carbocycles. The number of rotatable bonds is 0. The van der Waals surface area contributed by atoms with Crippen LogP contribution in [-0.2, 0) is 69.2 Å². The third-order valence-corrected chi connectivity index (χ3v) is 0. The van der Waals surface area contributed by atoms with Crippen LogP contribution in [0.3, 0.4) is 0 Å². The normalized spacial score (nSPS) is 10.7. The van der Waals surface area contributed by atoms with Gasteiger partial charge in [-0.15, -0.1) is 0 Å². The van der Waals surface area contributed by atoms with E-state index in [0.29, 0.717) is 0 Å². The Bertz CT molecular complexity index is 132. The maximum absolute atomic E-state index is 9.29. The second kappa shape index (κ2) is 7.89. The summed E-state index contributed by atoms with van der Waals surface area (Å²) in [5, 5.41) is 0. The van der Waals surface area contributed by atoms with Crippen molar-refractivity contribution >= 4 is 59.5 Å². The summed E-state index contributed by atoms with van der Waals surface area (Å²) < 4.78 is 0. The minimum absolute atomic E-state index is 0. The molecule has 0 saturated heterocycles. The first kappa shape index (κ1) is 19.2. The van der Waals surface area contributed by atoms with E-state index >= 15 is 0 Å². The molecule has 11 heteroatoms. The zero-order valence-corrected chi connectivity index (χ0v) is 12.6. The zero-order valence-electron chi connectivity index (χ0n) is 4.57. The van der Waals surface area contributed by atoms with Gasteiger partial charge in [-0.25, -0.2) is 0 Å². The second-order valence-electron chi connectivity index (χ2n) is 0.894. The van der Waals surface area contributed by atoms with Crippen LogP contribution in [0.1, 0.15) is 0 Å². The van der Waals surface area contributed by atoms with Crippen LogP contribution in [0, 0.1) is 0 Å². The summed E-state index contributed by atoms with van der Waals surface area (Å²) in [6.45, 7) is 0. The Labute approximate surface area is 99.3 Å². The minimum Gasteiger partial charge on any atom is -0.850 e. The number of hydrogen-bond donors (Lipinski definition) is 0. The summed E-state index contributed by atoms with van der Waals surface area (Å²) in [5.41, 5.74) is -7.44. The zero-order chi connectivity index (χ0) is 9.00. The van der Waals surface area contributed by atoms with Crippen molar-refractivity contribution in [3.05, 3.63) is 0 Å².